The number of thiophene rings is 1. The molecule has 3 nitrogen and oxygen atoms in total. The van der Waals surface area contributed by atoms with Gasteiger partial charge >= 0.3 is 5.97 Å². The van der Waals surface area contributed by atoms with E-state index < -0.39 is 5.97 Å². The van der Waals surface area contributed by atoms with Crippen molar-refractivity contribution in [1.82, 2.24) is 4.98 Å². The molecule has 0 saturated heterocycles. The standard InChI is InChI=1S/C8H6ClNO2S/c1-3-6-5(13-7(3)9)2-4(10-6)8(11)12/h2,10H,1H3,(H,11,12). The lowest BCUT2D eigenvalue weighted by Gasteiger charge is -1.87. The van der Waals surface area contributed by atoms with Crippen LogP contribution in [0.1, 0.15) is 16.1 Å². The molecular formula is C8H6ClNO2S. The Bertz CT molecular complexity index is 486. The van der Waals surface area contributed by atoms with Gasteiger partial charge < -0.3 is 10.1 Å². The third-order valence-electron chi connectivity index (χ3n) is 1.88. The van der Waals surface area contributed by atoms with Crippen molar-refractivity contribution in [1.29, 1.82) is 0 Å². The maximum atomic E-state index is 10.6. The summed E-state index contributed by atoms with van der Waals surface area (Å²) in [6.45, 7) is 1.86. The molecule has 0 bridgehead atoms. The van der Waals surface area contributed by atoms with Crippen LogP contribution in [0.15, 0.2) is 6.07 Å². The summed E-state index contributed by atoms with van der Waals surface area (Å²) < 4.78 is 1.60. The third-order valence-corrected chi connectivity index (χ3v) is 3.42. The van der Waals surface area contributed by atoms with Gasteiger partial charge in [-0.1, -0.05) is 11.6 Å². The fourth-order valence-electron chi connectivity index (χ4n) is 1.18. The Morgan fingerprint density at radius 3 is 2.92 bits per heavy atom. The molecule has 2 heterocycles. The number of rotatable bonds is 1. The van der Waals surface area contributed by atoms with Crippen molar-refractivity contribution in [3.8, 4) is 0 Å². The van der Waals surface area contributed by atoms with Gasteiger partial charge in [0.25, 0.3) is 0 Å². The van der Waals surface area contributed by atoms with Crippen LogP contribution in [0.3, 0.4) is 0 Å². The number of carboxylic acids is 1. The summed E-state index contributed by atoms with van der Waals surface area (Å²) in [5, 5.41) is 8.70. The molecule has 2 aromatic heterocycles. The minimum Gasteiger partial charge on any atom is -0.477 e. The number of carboxylic acid groups (broad SMARTS) is 1. The van der Waals surface area contributed by atoms with Crippen molar-refractivity contribution < 1.29 is 9.90 Å². The van der Waals surface area contributed by atoms with E-state index in [1.165, 1.54) is 11.3 Å². The first-order valence-corrected chi connectivity index (χ1v) is 4.80. The summed E-state index contributed by atoms with van der Waals surface area (Å²) >= 11 is 7.26. The number of aromatic amines is 1. The number of hydrogen-bond donors (Lipinski definition) is 2. The number of aryl methyl sites for hydroxylation is 1. The first-order valence-electron chi connectivity index (χ1n) is 3.60. The zero-order valence-corrected chi connectivity index (χ0v) is 8.29. The van der Waals surface area contributed by atoms with Gasteiger partial charge in [0, 0.05) is 5.56 Å². The number of aromatic nitrogens is 1. The van der Waals surface area contributed by atoms with E-state index in [0.717, 1.165) is 15.8 Å². The van der Waals surface area contributed by atoms with Crippen LogP contribution >= 0.6 is 22.9 Å². The number of carbonyl (C=O) groups is 1. The largest absolute Gasteiger partial charge is 0.477 e. The van der Waals surface area contributed by atoms with Crippen molar-refractivity contribution in [3.05, 3.63) is 21.7 Å². The average Bonchev–Trinajstić information content (AvgIpc) is 2.55. The molecule has 0 unspecified atom stereocenters. The lowest BCUT2D eigenvalue weighted by Crippen LogP contribution is -1.95. The molecule has 5 heteroatoms. The Hall–Kier alpha value is -1.00. The Morgan fingerprint density at radius 2 is 2.38 bits per heavy atom. The van der Waals surface area contributed by atoms with E-state index in [9.17, 15) is 4.79 Å². The van der Waals surface area contributed by atoms with Crippen LogP contribution in [0, 0.1) is 6.92 Å². The van der Waals surface area contributed by atoms with Crippen LogP contribution in [-0.4, -0.2) is 16.1 Å². The molecule has 2 rings (SSSR count). The van der Waals surface area contributed by atoms with E-state index in [4.69, 9.17) is 16.7 Å². The summed E-state index contributed by atoms with van der Waals surface area (Å²) in [5.41, 5.74) is 1.95. The highest BCUT2D eigenvalue weighted by molar-refractivity contribution is 7.22. The summed E-state index contributed by atoms with van der Waals surface area (Å²) in [6, 6.07) is 1.60. The lowest BCUT2D eigenvalue weighted by molar-refractivity contribution is 0.0691. The number of hydrogen-bond acceptors (Lipinski definition) is 2. The second kappa shape index (κ2) is 2.75. The molecule has 0 amide bonds. The van der Waals surface area contributed by atoms with E-state index >= 15 is 0 Å². The van der Waals surface area contributed by atoms with Crippen LogP contribution in [0.4, 0.5) is 0 Å². The predicted octanol–water partition coefficient (Wildman–Crippen LogP) is 2.89. The minimum atomic E-state index is -0.945. The summed E-state index contributed by atoms with van der Waals surface area (Å²) in [6.07, 6.45) is 0. The maximum Gasteiger partial charge on any atom is 0.352 e. The molecule has 0 saturated carbocycles. The van der Waals surface area contributed by atoms with Gasteiger partial charge in [0.15, 0.2) is 0 Å². The van der Waals surface area contributed by atoms with Crippen molar-refractivity contribution in [2.45, 2.75) is 6.92 Å². The van der Waals surface area contributed by atoms with Crippen LogP contribution in [0.25, 0.3) is 10.2 Å². The van der Waals surface area contributed by atoms with Crippen molar-refractivity contribution >= 4 is 39.1 Å². The zero-order chi connectivity index (χ0) is 9.59. The molecule has 0 fully saturated rings. The second-order valence-electron chi connectivity index (χ2n) is 2.73. The summed E-state index contributed by atoms with van der Waals surface area (Å²) in [4.78, 5) is 13.4. The molecule has 0 aromatic carbocycles. The summed E-state index contributed by atoms with van der Waals surface area (Å²) in [7, 11) is 0. The molecule has 0 aliphatic heterocycles. The van der Waals surface area contributed by atoms with Gasteiger partial charge in [0.05, 0.1) is 14.6 Å². The fourth-order valence-corrected chi connectivity index (χ4v) is 2.46. The maximum absolute atomic E-state index is 10.6. The lowest BCUT2D eigenvalue weighted by atomic mass is 10.3. The monoisotopic (exact) mass is 215 g/mol. The third kappa shape index (κ3) is 1.22. The first-order chi connectivity index (χ1) is 6.09. The van der Waals surface area contributed by atoms with E-state index in [0.29, 0.717) is 4.34 Å². The molecule has 0 radical (unpaired) electrons. The predicted molar refractivity (Wildman–Crippen MR) is 52.9 cm³/mol. The molecule has 2 N–H and O–H groups in total. The Labute approximate surface area is 83.0 Å². The number of H-pyrrole nitrogens is 1. The number of halogens is 1. The van der Waals surface area contributed by atoms with E-state index in [1.807, 2.05) is 6.92 Å². The number of aromatic carboxylic acids is 1. The van der Waals surface area contributed by atoms with Crippen LogP contribution < -0.4 is 0 Å². The second-order valence-corrected chi connectivity index (χ2v) is 4.38. The Kier molecular flexibility index (Phi) is 1.82. The van der Waals surface area contributed by atoms with Gasteiger partial charge in [-0.15, -0.1) is 11.3 Å². The van der Waals surface area contributed by atoms with Crippen LogP contribution in [-0.2, 0) is 0 Å². The van der Waals surface area contributed by atoms with Crippen LogP contribution in [0.2, 0.25) is 4.34 Å². The molecule has 68 valence electrons. The van der Waals surface area contributed by atoms with E-state index in [1.54, 1.807) is 6.07 Å². The van der Waals surface area contributed by atoms with Crippen molar-refractivity contribution in [2.75, 3.05) is 0 Å². The molecular weight excluding hydrogens is 210 g/mol. The number of nitrogens with one attached hydrogen (secondary N) is 1. The van der Waals surface area contributed by atoms with Gasteiger partial charge in [-0.3, -0.25) is 0 Å². The van der Waals surface area contributed by atoms with E-state index in [-0.39, 0.29) is 5.69 Å². The minimum absolute atomic E-state index is 0.209. The van der Waals surface area contributed by atoms with Crippen molar-refractivity contribution in [2.24, 2.45) is 0 Å². The van der Waals surface area contributed by atoms with Crippen molar-refractivity contribution in [3.63, 3.8) is 0 Å². The van der Waals surface area contributed by atoms with Gasteiger partial charge in [0.2, 0.25) is 0 Å². The van der Waals surface area contributed by atoms with E-state index in [2.05, 4.69) is 4.98 Å². The molecule has 0 spiro atoms. The van der Waals surface area contributed by atoms with Gasteiger partial charge in [0.1, 0.15) is 5.69 Å². The molecule has 0 aliphatic carbocycles. The average molecular weight is 216 g/mol. The smallest absolute Gasteiger partial charge is 0.352 e. The SMILES string of the molecule is Cc1c(Cl)sc2cc(C(=O)O)[nH]c12. The molecule has 2 aromatic rings. The topological polar surface area (TPSA) is 53.1 Å². The van der Waals surface area contributed by atoms with Crippen LogP contribution in [0.5, 0.6) is 0 Å². The highest BCUT2D eigenvalue weighted by Crippen LogP contribution is 2.34. The first kappa shape index (κ1) is 8.59. The highest BCUT2D eigenvalue weighted by atomic mass is 35.5. The van der Waals surface area contributed by atoms with Gasteiger partial charge in [-0.05, 0) is 13.0 Å². The fraction of sp³-hybridized carbons (Fsp3) is 0.125. The number of fused-ring (bicyclic) bond motifs is 1. The van der Waals surface area contributed by atoms with Gasteiger partial charge in [-0.2, -0.15) is 0 Å². The zero-order valence-electron chi connectivity index (χ0n) is 6.72. The summed E-state index contributed by atoms with van der Waals surface area (Å²) in [5.74, 6) is -0.945. The Morgan fingerprint density at radius 1 is 1.69 bits per heavy atom. The Balaban J connectivity index is 2.72. The molecule has 0 aliphatic rings. The quantitative estimate of drug-likeness (QED) is 0.769. The normalized spacial score (nSPS) is 10.9. The molecule has 0 atom stereocenters. The molecule has 13 heavy (non-hydrogen) atoms. The van der Waals surface area contributed by atoms with Gasteiger partial charge in [-0.25, -0.2) is 4.79 Å². The highest BCUT2D eigenvalue weighted by Gasteiger charge is 2.12.